The topological polar surface area (TPSA) is 208 Å². The summed E-state index contributed by atoms with van der Waals surface area (Å²) in [5.41, 5.74) is 0.527. The van der Waals surface area contributed by atoms with Gasteiger partial charge in [-0.05, 0) is 56.8 Å². The number of rotatable bonds is 26. The van der Waals surface area contributed by atoms with E-state index in [9.17, 15) is 32.4 Å². The lowest BCUT2D eigenvalue weighted by atomic mass is 9.83. The van der Waals surface area contributed by atoms with Crippen molar-refractivity contribution in [2.75, 3.05) is 41.9 Å². The molecule has 0 spiro atoms. The molecule has 3 N–H and O–H groups in total. The number of amides is 3. The lowest BCUT2D eigenvalue weighted by molar-refractivity contribution is -0.149. The van der Waals surface area contributed by atoms with E-state index in [0.29, 0.717) is 25.0 Å². The summed E-state index contributed by atoms with van der Waals surface area (Å²) in [5.74, 6) is 1.46. The van der Waals surface area contributed by atoms with Crippen LogP contribution in [0, 0.1) is 35.5 Å². The number of aromatic nitrogens is 1. The average Bonchev–Trinajstić information content (AvgIpc) is 3.99. The number of pyridine rings is 1. The predicted octanol–water partition coefficient (Wildman–Crippen LogP) is 3.41. The van der Waals surface area contributed by atoms with E-state index in [4.69, 9.17) is 20.2 Å². The number of carbonyl (C=O) groups is 5. The number of ketones is 2. The highest BCUT2D eigenvalue weighted by Gasteiger charge is 2.46. The Kier molecular flexibility index (Phi) is 19.9. The van der Waals surface area contributed by atoms with Gasteiger partial charge in [0.1, 0.15) is 5.78 Å². The molecule has 0 unspecified atom stereocenters. The number of Topliss-reactive ketones (excluding diaryl/α,β-unsaturated/α-hetero) is 2. The fourth-order valence-electron chi connectivity index (χ4n) is 9.03. The van der Waals surface area contributed by atoms with E-state index in [-0.39, 0.29) is 85.8 Å². The Balaban J connectivity index is 1.86. The average molecular weight is 879 g/mol. The summed E-state index contributed by atoms with van der Waals surface area (Å²) < 4.78 is 39.7. The summed E-state index contributed by atoms with van der Waals surface area (Å²) in [6, 6.07) is 3.66. The molecule has 2 heterocycles. The summed E-state index contributed by atoms with van der Waals surface area (Å²) in [4.78, 5) is 84.8. The van der Waals surface area contributed by atoms with Crippen molar-refractivity contribution in [2.45, 2.75) is 142 Å². The van der Waals surface area contributed by atoms with E-state index in [0.717, 1.165) is 0 Å². The van der Waals surface area contributed by atoms with Crippen LogP contribution < -0.4 is 10.6 Å². The number of likely N-dealkylation sites (N-methyl/N-ethyl adjacent to an activating group) is 2. The second-order valence-corrected chi connectivity index (χ2v) is 20.1. The molecule has 16 nitrogen and oxygen atoms in total. The number of carbonyl (C=O) groups excluding carboxylic acids is 5. The number of nitrogens with zero attached hydrogens (tertiary/aromatic N) is 4. The lowest BCUT2D eigenvalue weighted by Crippen LogP contribution is -2.54. The van der Waals surface area contributed by atoms with E-state index in [1.807, 2.05) is 60.5 Å². The zero-order chi connectivity index (χ0) is 45.9. The molecular weight excluding hydrogens is 805 g/mol. The van der Waals surface area contributed by atoms with Crippen molar-refractivity contribution < 1.29 is 46.7 Å². The van der Waals surface area contributed by atoms with Crippen molar-refractivity contribution in [1.29, 1.82) is 0 Å². The molecule has 1 saturated heterocycles. The minimum atomic E-state index is -3.87. The molecular formula is C44H74N6O10S. The van der Waals surface area contributed by atoms with Gasteiger partial charge >= 0.3 is 0 Å². The summed E-state index contributed by atoms with van der Waals surface area (Å²) in [5, 5.41) is -0.625. The summed E-state index contributed by atoms with van der Waals surface area (Å²) in [7, 11) is 4.55. The van der Waals surface area contributed by atoms with Gasteiger partial charge in [0.2, 0.25) is 27.7 Å². The Morgan fingerprint density at radius 2 is 1.59 bits per heavy atom. The van der Waals surface area contributed by atoms with Crippen LogP contribution in [0.5, 0.6) is 0 Å². The largest absolute Gasteiger partial charge is 0.379 e. The molecule has 1 aliphatic heterocycles. The molecule has 2 aliphatic rings. The Hall–Kier alpha value is -3.35. The predicted molar refractivity (Wildman–Crippen MR) is 232 cm³/mol. The van der Waals surface area contributed by atoms with Crippen molar-refractivity contribution in [2.24, 2.45) is 41.4 Å². The maximum absolute atomic E-state index is 14.5. The molecule has 1 aromatic rings. The molecule has 0 radical (unpaired) electrons. The third kappa shape index (κ3) is 13.8. The molecule has 0 bridgehead atoms. The first kappa shape index (κ1) is 52.0. The molecule has 1 aromatic heterocycles. The maximum Gasteiger partial charge on any atom is 0.237 e. The first-order valence-corrected chi connectivity index (χ1v) is 23.3. The fourth-order valence-corrected chi connectivity index (χ4v) is 10.4. The summed E-state index contributed by atoms with van der Waals surface area (Å²) >= 11 is 0. The normalized spacial score (nSPS) is 21.1. The molecule has 17 heteroatoms. The van der Waals surface area contributed by atoms with Crippen LogP contribution in [0.25, 0.3) is 0 Å². The second kappa shape index (κ2) is 23.4. The van der Waals surface area contributed by atoms with Crippen molar-refractivity contribution in [3.05, 3.63) is 30.1 Å². The molecule has 1 saturated carbocycles. The van der Waals surface area contributed by atoms with Gasteiger partial charge in [0.05, 0.1) is 54.0 Å². The van der Waals surface area contributed by atoms with Crippen molar-refractivity contribution in [1.82, 2.24) is 24.4 Å². The minimum absolute atomic E-state index is 0.00433. The van der Waals surface area contributed by atoms with E-state index < -0.39 is 69.3 Å². The molecule has 10 atom stereocenters. The van der Waals surface area contributed by atoms with Gasteiger partial charge in [-0.2, -0.15) is 0 Å². The van der Waals surface area contributed by atoms with Crippen LogP contribution in [0.1, 0.15) is 99.1 Å². The third-order valence-corrected chi connectivity index (χ3v) is 14.7. The smallest absolute Gasteiger partial charge is 0.237 e. The zero-order valence-electron chi connectivity index (χ0n) is 38.5. The van der Waals surface area contributed by atoms with Gasteiger partial charge in [-0.3, -0.25) is 43.4 Å². The first-order chi connectivity index (χ1) is 28.6. The number of likely N-dealkylation sites (tertiary alicyclic amines) is 1. The number of ether oxygens (including phenoxy) is 2. The van der Waals surface area contributed by atoms with E-state index >= 15 is 0 Å². The van der Waals surface area contributed by atoms with Gasteiger partial charge in [-0.1, -0.05) is 61.0 Å². The lowest BCUT2D eigenvalue weighted by Gasteiger charge is -2.41. The van der Waals surface area contributed by atoms with Crippen molar-refractivity contribution >= 4 is 39.3 Å². The molecule has 3 amide bonds. The SMILES string of the molecule is CC[C@H](C)[C@@H]([C@@H](CC(=O)N1C[C@H](ON)C[C@H]1[C@H](OC)[C@@H](C)C(=O)C[C@@H](Cc1ccccn1)C(=O)NS(=O)(=O)C1CC1)OC)N(C)C(=O)[C@@H](CC(=O)[C@H](C(C)C)N(C)C)C(C)C. The highest BCUT2D eigenvalue weighted by molar-refractivity contribution is 7.90. The first-order valence-electron chi connectivity index (χ1n) is 21.8. The van der Waals surface area contributed by atoms with Crippen LogP contribution >= 0.6 is 0 Å². The molecule has 1 aliphatic carbocycles. The van der Waals surface area contributed by atoms with Gasteiger partial charge < -0.3 is 19.3 Å². The highest BCUT2D eigenvalue weighted by atomic mass is 32.2. The number of hydrogen-bond acceptors (Lipinski definition) is 13. The number of nitrogens with two attached hydrogens (primary N) is 1. The fraction of sp³-hybridized carbons (Fsp3) is 0.773. The van der Waals surface area contributed by atoms with Gasteiger partial charge in [-0.25, -0.2) is 14.3 Å². The van der Waals surface area contributed by atoms with Crippen LogP contribution in [0.2, 0.25) is 0 Å². The number of sulfonamides is 1. The Bertz CT molecular complexity index is 1720. The van der Waals surface area contributed by atoms with Crippen molar-refractivity contribution in [3.63, 3.8) is 0 Å². The third-order valence-electron chi connectivity index (χ3n) is 12.8. The van der Waals surface area contributed by atoms with Crippen LogP contribution in [-0.2, 0) is 54.7 Å². The van der Waals surface area contributed by atoms with Gasteiger partial charge in [0.25, 0.3) is 0 Å². The number of hydrogen-bond donors (Lipinski definition) is 2. The molecule has 2 fully saturated rings. The van der Waals surface area contributed by atoms with Crippen LogP contribution in [-0.4, -0.2) is 141 Å². The second-order valence-electron chi connectivity index (χ2n) is 18.2. The summed E-state index contributed by atoms with van der Waals surface area (Å²) in [6.45, 7) is 13.7. The molecule has 3 rings (SSSR count). The van der Waals surface area contributed by atoms with Gasteiger partial charge in [-0.15, -0.1) is 0 Å². The Morgan fingerprint density at radius 1 is 0.934 bits per heavy atom. The molecule has 0 aromatic carbocycles. The van der Waals surface area contributed by atoms with E-state index in [1.165, 1.54) is 14.2 Å². The maximum atomic E-state index is 14.5. The number of nitrogens with one attached hydrogen (secondary N) is 1. The minimum Gasteiger partial charge on any atom is -0.379 e. The quantitative estimate of drug-likeness (QED) is 0.128. The molecule has 61 heavy (non-hydrogen) atoms. The Morgan fingerprint density at radius 3 is 2.08 bits per heavy atom. The standard InChI is InChI=1S/C44H74N6O10S/c1-13-28(6)41(49(10)44(55)34(26(2)3)23-37(52)40(27(4)5)48(8)9)38(58-11)24-39(53)50-25-32(60-45)22-35(50)42(59-12)29(7)36(51)21-30(20-31-16-14-15-19-46-31)43(54)47-61(56,57)33-17-18-33/h14-16,19,26-30,32-35,38,40-42H,13,17-18,20-25,45H2,1-12H3,(H,47,54)/t28-,29-,30+,32+,34-,35-,38+,40-,41-,42+/m0/s1. The van der Waals surface area contributed by atoms with Crippen molar-refractivity contribution in [3.8, 4) is 0 Å². The van der Waals surface area contributed by atoms with Gasteiger partial charge in [0.15, 0.2) is 5.78 Å². The Labute approximate surface area is 364 Å². The van der Waals surface area contributed by atoms with E-state index in [1.54, 1.807) is 48.2 Å². The highest BCUT2D eigenvalue weighted by Crippen LogP contribution is 2.33. The number of methoxy groups -OCH3 is 2. The monoisotopic (exact) mass is 879 g/mol. The van der Waals surface area contributed by atoms with Gasteiger partial charge in [0, 0.05) is 77.2 Å². The molecule has 346 valence electrons. The summed E-state index contributed by atoms with van der Waals surface area (Å²) in [6.07, 6.45) is 1.02. The van der Waals surface area contributed by atoms with Crippen LogP contribution in [0.15, 0.2) is 24.4 Å². The van der Waals surface area contributed by atoms with E-state index in [2.05, 4.69) is 9.71 Å². The zero-order valence-corrected chi connectivity index (χ0v) is 39.4. The van der Waals surface area contributed by atoms with Crippen LogP contribution in [0.3, 0.4) is 0 Å². The van der Waals surface area contributed by atoms with Crippen LogP contribution in [0.4, 0.5) is 0 Å².